The standard InChI is InChI=1S/C25H23ClFN3O4S/c1-15-22(25(32)34-12-11-33-2)23(16-3-5-17(26)6-4-16)20(13-28)24(29-15)35-14-21(31)30-19-9-7-18(27)8-10-19/h3-10,23,29H,11-12,14H2,1-2H3,(H,30,31)/t23-/m0/s1. The van der Waals surface area contributed by atoms with E-state index < -0.39 is 17.7 Å². The minimum atomic E-state index is -0.712. The van der Waals surface area contributed by atoms with E-state index in [1.54, 1.807) is 31.2 Å². The van der Waals surface area contributed by atoms with Crippen LogP contribution in [0.25, 0.3) is 0 Å². The number of thioether (sulfide) groups is 1. The Morgan fingerprint density at radius 2 is 1.86 bits per heavy atom. The molecule has 0 aromatic heterocycles. The van der Waals surface area contributed by atoms with Gasteiger partial charge in [-0.15, -0.1) is 0 Å². The number of halogens is 2. The summed E-state index contributed by atoms with van der Waals surface area (Å²) in [7, 11) is 1.50. The molecule has 0 fully saturated rings. The number of allylic oxidation sites excluding steroid dienone is 2. The van der Waals surface area contributed by atoms with Crippen molar-refractivity contribution in [2.45, 2.75) is 12.8 Å². The molecule has 1 amide bonds. The van der Waals surface area contributed by atoms with Crippen molar-refractivity contribution in [1.29, 1.82) is 5.26 Å². The zero-order valence-corrected chi connectivity index (χ0v) is 20.6. The van der Waals surface area contributed by atoms with Gasteiger partial charge in [0.1, 0.15) is 12.4 Å². The second kappa shape index (κ2) is 12.4. The first-order valence-corrected chi connectivity index (χ1v) is 11.9. The van der Waals surface area contributed by atoms with Gasteiger partial charge in [-0.05, 0) is 48.9 Å². The van der Waals surface area contributed by atoms with Gasteiger partial charge in [0.15, 0.2) is 0 Å². The molecule has 2 aromatic rings. The van der Waals surface area contributed by atoms with Crippen LogP contribution in [0.5, 0.6) is 0 Å². The molecule has 0 saturated heterocycles. The van der Waals surface area contributed by atoms with Gasteiger partial charge in [0.25, 0.3) is 0 Å². The monoisotopic (exact) mass is 515 g/mol. The minimum absolute atomic E-state index is 0.0148. The number of hydrogen-bond donors (Lipinski definition) is 2. The summed E-state index contributed by atoms with van der Waals surface area (Å²) < 4.78 is 23.4. The van der Waals surface area contributed by atoms with Crippen molar-refractivity contribution in [2.75, 3.05) is 31.4 Å². The van der Waals surface area contributed by atoms with Gasteiger partial charge in [0.2, 0.25) is 5.91 Å². The number of esters is 1. The average Bonchev–Trinajstić information content (AvgIpc) is 2.84. The summed E-state index contributed by atoms with van der Waals surface area (Å²) in [6.45, 7) is 2.02. The van der Waals surface area contributed by atoms with Crippen LogP contribution in [0.1, 0.15) is 18.4 Å². The molecule has 2 aromatic carbocycles. The summed E-state index contributed by atoms with van der Waals surface area (Å²) in [5.74, 6) is -2.03. The number of amides is 1. The van der Waals surface area contributed by atoms with Crippen molar-refractivity contribution in [1.82, 2.24) is 5.32 Å². The highest BCUT2D eigenvalue weighted by atomic mass is 35.5. The van der Waals surface area contributed by atoms with Crippen LogP contribution in [0.4, 0.5) is 10.1 Å². The predicted octanol–water partition coefficient (Wildman–Crippen LogP) is 4.74. The van der Waals surface area contributed by atoms with Crippen LogP contribution in [-0.2, 0) is 19.1 Å². The third-order valence-electron chi connectivity index (χ3n) is 5.07. The zero-order valence-electron chi connectivity index (χ0n) is 19.1. The summed E-state index contributed by atoms with van der Waals surface area (Å²) in [4.78, 5) is 25.4. The van der Waals surface area contributed by atoms with Crippen LogP contribution < -0.4 is 10.6 Å². The first kappa shape index (κ1) is 26.3. The van der Waals surface area contributed by atoms with Crippen LogP contribution >= 0.6 is 23.4 Å². The number of nitrogens with zero attached hydrogens (tertiary/aromatic N) is 1. The SMILES string of the molecule is COCCOC(=O)C1=C(C)NC(SCC(=O)Nc2ccc(F)cc2)=C(C#N)[C@@H]1c1ccc(Cl)cc1. The summed E-state index contributed by atoms with van der Waals surface area (Å²) in [6.07, 6.45) is 0. The number of nitriles is 1. The maximum atomic E-state index is 13.1. The van der Waals surface area contributed by atoms with Gasteiger partial charge < -0.3 is 20.1 Å². The molecular formula is C25H23ClFN3O4S. The Morgan fingerprint density at radius 3 is 2.49 bits per heavy atom. The van der Waals surface area contributed by atoms with Crippen LogP contribution in [0.2, 0.25) is 5.02 Å². The molecular weight excluding hydrogens is 493 g/mol. The molecule has 10 heteroatoms. The number of nitrogens with one attached hydrogen (secondary N) is 2. The average molecular weight is 516 g/mol. The first-order valence-electron chi connectivity index (χ1n) is 10.6. The number of anilines is 1. The highest BCUT2D eigenvalue weighted by molar-refractivity contribution is 8.03. The Balaban J connectivity index is 1.86. The van der Waals surface area contributed by atoms with E-state index in [4.69, 9.17) is 21.1 Å². The second-order valence-electron chi connectivity index (χ2n) is 7.48. The highest BCUT2D eigenvalue weighted by Gasteiger charge is 2.35. The van der Waals surface area contributed by atoms with Gasteiger partial charge in [0.05, 0.1) is 40.5 Å². The van der Waals surface area contributed by atoms with Crippen molar-refractivity contribution in [3.63, 3.8) is 0 Å². The summed E-state index contributed by atoms with van der Waals surface area (Å²) in [6, 6.07) is 14.5. The van der Waals surface area contributed by atoms with Gasteiger partial charge in [-0.2, -0.15) is 5.26 Å². The van der Waals surface area contributed by atoms with Gasteiger partial charge in [0, 0.05) is 23.5 Å². The number of dihydropyridines is 1. The fourth-order valence-corrected chi connectivity index (χ4v) is 4.47. The van der Waals surface area contributed by atoms with Gasteiger partial charge >= 0.3 is 5.97 Å². The van der Waals surface area contributed by atoms with E-state index in [0.29, 0.717) is 32.6 Å². The molecule has 3 rings (SSSR count). The molecule has 0 radical (unpaired) electrons. The normalized spacial score (nSPS) is 15.3. The van der Waals surface area contributed by atoms with Crippen molar-refractivity contribution in [3.8, 4) is 6.07 Å². The largest absolute Gasteiger partial charge is 0.460 e. The summed E-state index contributed by atoms with van der Waals surface area (Å²) in [5.41, 5.74) is 2.21. The molecule has 1 atom stereocenters. The Hall–Kier alpha value is -3.32. The van der Waals surface area contributed by atoms with Crippen LogP contribution in [0, 0.1) is 17.1 Å². The lowest BCUT2D eigenvalue weighted by Gasteiger charge is -2.29. The number of carbonyl (C=O) groups excluding carboxylic acids is 2. The molecule has 0 spiro atoms. The number of ether oxygens (including phenoxy) is 2. The lowest BCUT2D eigenvalue weighted by Crippen LogP contribution is -2.29. The Kier molecular flexibility index (Phi) is 9.32. The number of carbonyl (C=O) groups is 2. The van der Waals surface area contributed by atoms with E-state index in [9.17, 15) is 19.2 Å². The molecule has 182 valence electrons. The van der Waals surface area contributed by atoms with Crippen molar-refractivity contribution in [3.05, 3.63) is 86.8 Å². The van der Waals surface area contributed by atoms with Crippen molar-refractivity contribution >= 4 is 40.9 Å². The smallest absolute Gasteiger partial charge is 0.336 e. The van der Waals surface area contributed by atoms with Crippen LogP contribution in [-0.4, -0.2) is 38.0 Å². The molecule has 1 aliphatic heterocycles. The van der Waals surface area contributed by atoms with E-state index in [1.165, 1.54) is 31.4 Å². The molecule has 1 aliphatic rings. The Labute approximate surface area is 211 Å². The lowest BCUT2D eigenvalue weighted by molar-refractivity contribution is -0.140. The van der Waals surface area contributed by atoms with E-state index in [0.717, 1.165) is 11.8 Å². The molecule has 35 heavy (non-hydrogen) atoms. The van der Waals surface area contributed by atoms with Gasteiger partial charge in [-0.25, -0.2) is 9.18 Å². The summed E-state index contributed by atoms with van der Waals surface area (Å²) >= 11 is 7.17. The van der Waals surface area contributed by atoms with Crippen LogP contribution in [0.3, 0.4) is 0 Å². The van der Waals surface area contributed by atoms with Crippen molar-refractivity contribution in [2.24, 2.45) is 0 Å². The van der Waals surface area contributed by atoms with Gasteiger partial charge in [-0.1, -0.05) is 35.5 Å². The van der Waals surface area contributed by atoms with Crippen LogP contribution in [0.15, 0.2) is 70.4 Å². The number of benzene rings is 2. The molecule has 0 aliphatic carbocycles. The van der Waals surface area contributed by atoms with E-state index in [-0.39, 0.29) is 30.4 Å². The zero-order chi connectivity index (χ0) is 25.4. The topological polar surface area (TPSA) is 100 Å². The van der Waals surface area contributed by atoms with E-state index in [1.807, 2.05) is 0 Å². The third kappa shape index (κ3) is 6.85. The molecule has 7 nitrogen and oxygen atoms in total. The molecule has 0 unspecified atom stereocenters. The Morgan fingerprint density at radius 1 is 1.17 bits per heavy atom. The minimum Gasteiger partial charge on any atom is -0.460 e. The molecule has 0 bridgehead atoms. The van der Waals surface area contributed by atoms with E-state index >= 15 is 0 Å². The molecule has 2 N–H and O–H groups in total. The number of hydrogen-bond acceptors (Lipinski definition) is 7. The second-order valence-corrected chi connectivity index (χ2v) is 8.90. The fourth-order valence-electron chi connectivity index (χ4n) is 3.45. The fraction of sp³-hybridized carbons (Fsp3) is 0.240. The lowest BCUT2D eigenvalue weighted by atomic mass is 9.82. The Bertz CT molecular complexity index is 1190. The third-order valence-corrected chi connectivity index (χ3v) is 6.34. The quantitative estimate of drug-likeness (QED) is 0.367. The predicted molar refractivity (Wildman–Crippen MR) is 133 cm³/mol. The highest BCUT2D eigenvalue weighted by Crippen LogP contribution is 2.41. The van der Waals surface area contributed by atoms with Crippen molar-refractivity contribution < 1.29 is 23.5 Å². The number of methoxy groups -OCH3 is 1. The maximum Gasteiger partial charge on any atom is 0.336 e. The summed E-state index contributed by atoms with van der Waals surface area (Å²) in [5, 5.41) is 16.8. The van der Waals surface area contributed by atoms with Gasteiger partial charge in [-0.3, -0.25) is 4.79 Å². The molecule has 0 saturated carbocycles. The first-order chi connectivity index (χ1) is 16.8. The maximum absolute atomic E-state index is 13.1. The number of rotatable bonds is 9. The molecule has 1 heterocycles. The van der Waals surface area contributed by atoms with E-state index in [2.05, 4.69) is 16.7 Å².